The van der Waals surface area contributed by atoms with E-state index < -0.39 is 5.97 Å². The van der Waals surface area contributed by atoms with E-state index >= 15 is 0 Å². The number of rotatable bonds is 6. The second kappa shape index (κ2) is 7.58. The van der Waals surface area contributed by atoms with Crippen LogP contribution in [0.2, 0.25) is 5.02 Å². The van der Waals surface area contributed by atoms with Crippen LogP contribution in [0.5, 0.6) is 0 Å². The predicted molar refractivity (Wildman–Crippen MR) is 104 cm³/mol. The van der Waals surface area contributed by atoms with Crippen molar-refractivity contribution in [3.05, 3.63) is 71.8 Å². The summed E-state index contributed by atoms with van der Waals surface area (Å²) in [5.74, 6) is -0.777. The van der Waals surface area contributed by atoms with E-state index in [0.717, 1.165) is 22.1 Å². The number of carboxylic acids is 1. The van der Waals surface area contributed by atoms with Gasteiger partial charge in [0.05, 0.1) is 0 Å². The second-order valence-electron chi connectivity index (χ2n) is 6.13. The summed E-state index contributed by atoms with van der Waals surface area (Å²) in [5.41, 5.74) is 2.07. The molecule has 128 valence electrons. The van der Waals surface area contributed by atoms with E-state index in [1.54, 1.807) is 0 Å². The molecule has 1 unspecified atom stereocenters. The van der Waals surface area contributed by atoms with Crippen molar-refractivity contribution in [2.45, 2.75) is 25.8 Å². The summed E-state index contributed by atoms with van der Waals surface area (Å²) >= 11 is 6.04. The van der Waals surface area contributed by atoms with Gasteiger partial charge in [-0.25, -0.2) is 0 Å². The highest BCUT2D eigenvalue weighted by Gasteiger charge is 2.19. The Morgan fingerprint density at radius 2 is 1.72 bits per heavy atom. The molecule has 0 aromatic heterocycles. The number of halogens is 1. The molecule has 4 heteroatoms. The molecular weight excluding hydrogens is 334 g/mol. The fraction of sp³-hybridized carbons (Fsp3) is 0.190. The molecule has 0 bridgehead atoms. The number of hydrogen-bond acceptors (Lipinski definition) is 2. The molecule has 3 aromatic carbocycles. The Morgan fingerprint density at radius 3 is 2.44 bits per heavy atom. The normalized spacial score (nSPS) is 12.1. The van der Waals surface area contributed by atoms with E-state index in [-0.39, 0.29) is 12.5 Å². The zero-order valence-electron chi connectivity index (χ0n) is 14.0. The van der Waals surface area contributed by atoms with Crippen LogP contribution in [0.1, 0.15) is 19.8 Å². The van der Waals surface area contributed by atoms with E-state index in [0.29, 0.717) is 11.4 Å². The van der Waals surface area contributed by atoms with E-state index in [1.807, 2.05) is 42.5 Å². The van der Waals surface area contributed by atoms with E-state index in [4.69, 9.17) is 16.7 Å². The SMILES string of the molecule is CC(CCC(=O)O)N(c1ccc(Cl)cc1)c1cccc2ccccc12. The maximum Gasteiger partial charge on any atom is 0.303 e. The Hall–Kier alpha value is -2.52. The van der Waals surface area contributed by atoms with Gasteiger partial charge in [-0.1, -0.05) is 48.0 Å². The molecule has 3 aromatic rings. The van der Waals surface area contributed by atoms with Gasteiger partial charge in [0.1, 0.15) is 0 Å². The monoisotopic (exact) mass is 353 g/mol. The van der Waals surface area contributed by atoms with Crippen LogP contribution in [-0.2, 0) is 4.79 Å². The molecule has 0 amide bonds. The number of benzene rings is 3. The molecule has 0 fully saturated rings. The summed E-state index contributed by atoms with van der Waals surface area (Å²) in [5, 5.41) is 12.0. The molecule has 1 N–H and O–H groups in total. The van der Waals surface area contributed by atoms with Gasteiger partial charge in [0.15, 0.2) is 0 Å². The quantitative estimate of drug-likeness (QED) is 0.601. The lowest BCUT2D eigenvalue weighted by molar-refractivity contribution is -0.137. The Kier molecular flexibility index (Phi) is 5.25. The molecule has 0 radical (unpaired) electrons. The number of carboxylic acid groups (broad SMARTS) is 1. The van der Waals surface area contributed by atoms with Gasteiger partial charge in [0.2, 0.25) is 0 Å². The summed E-state index contributed by atoms with van der Waals surface area (Å²) in [6, 6.07) is 22.1. The van der Waals surface area contributed by atoms with Crippen LogP contribution in [0.3, 0.4) is 0 Å². The Morgan fingerprint density at radius 1 is 1.04 bits per heavy atom. The van der Waals surface area contributed by atoms with Crippen molar-refractivity contribution in [1.29, 1.82) is 0 Å². The van der Waals surface area contributed by atoms with Gasteiger partial charge in [0, 0.05) is 34.2 Å². The Balaban J connectivity index is 2.09. The maximum absolute atomic E-state index is 11.0. The van der Waals surface area contributed by atoms with Crippen LogP contribution in [0.25, 0.3) is 10.8 Å². The minimum Gasteiger partial charge on any atom is -0.481 e. The first-order chi connectivity index (χ1) is 12.1. The highest BCUT2D eigenvalue weighted by Crippen LogP contribution is 2.35. The number of anilines is 2. The number of aliphatic carboxylic acids is 1. The van der Waals surface area contributed by atoms with Gasteiger partial charge in [-0.15, -0.1) is 0 Å². The average Bonchev–Trinajstić information content (AvgIpc) is 2.62. The van der Waals surface area contributed by atoms with Crippen LogP contribution < -0.4 is 4.90 Å². The van der Waals surface area contributed by atoms with Crippen LogP contribution in [0.15, 0.2) is 66.7 Å². The first-order valence-corrected chi connectivity index (χ1v) is 8.68. The molecular formula is C21H20ClNO2. The molecule has 0 saturated carbocycles. The van der Waals surface area contributed by atoms with Crippen molar-refractivity contribution >= 4 is 39.7 Å². The van der Waals surface area contributed by atoms with Crippen LogP contribution >= 0.6 is 11.6 Å². The standard InChI is InChI=1S/C21H20ClNO2/c1-15(9-14-21(24)25)23(18-12-10-17(22)11-13-18)20-8-4-6-16-5-2-3-7-19(16)20/h2-8,10-13,15H,9,14H2,1H3,(H,24,25). The van der Waals surface area contributed by atoms with Crippen molar-refractivity contribution < 1.29 is 9.90 Å². The van der Waals surface area contributed by atoms with Crippen LogP contribution in [0, 0.1) is 0 Å². The molecule has 0 aliphatic carbocycles. The third kappa shape index (κ3) is 3.94. The molecule has 25 heavy (non-hydrogen) atoms. The third-order valence-corrected chi connectivity index (χ3v) is 4.60. The summed E-state index contributed by atoms with van der Waals surface area (Å²) in [7, 11) is 0. The fourth-order valence-electron chi connectivity index (χ4n) is 3.11. The largest absolute Gasteiger partial charge is 0.481 e. The number of hydrogen-bond donors (Lipinski definition) is 1. The van der Waals surface area contributed by atoms with Gasteiger partial charge < -0.3 is 10.0 Å². The van der Waals surface area contributed by atoms with Gasteiger partial charge in [0.25, 0.3) is 0 Å². The second-order valence-corrected chi connectivity index (χ2v) is 6.56. The molecule has 3 nitrogen and oxygen atoms in total. The van der Waals surface area contributed by atoms with Crippen molar-refractivity contribution in [1.82, 2.24) is 0 Å². The zero-order chi connectivity index (χ0) is 17.8. The van der Waals surface area contributed by atoms with Crippen LogP contribution in [-0.4, -0.2) is 17.1 Å². The van der Waals surface area contributed by atoms with Gasteiger partial charge >= 0.3 is 5.97 Å². The highest BCUT2D eigenvalue weighted by atomic mass is 35.5. The number of fused-ring (bicyclic) bond motifs is 1. The summed E-state index contributed by atoms with van der Waals surface area (Å²) in [6.07, 6.45) is 0.692. The average molecular weight is 354 g/mol. The molecule has 0 saturated heterocycles. The Labute approximate surface area is 152 Å². The molecule has 0 aliphatic rings. The molecule has 0 aliphatic heterocycles. The topological polar surface area (TPSA) is 40.5 Å². The molecule has 0 heterocycles. The summed E-state index contributed by atoms with van der Waals surface area (Å²) < 4.78 is 0. The maximum atomic E-state index is 11.0. The predicted octanol–water partition coefficient (Wildman–Crippen LogP) is 5.88. The molecule has 3 rings (SSSR count). The highest BCUT2D eigenvalue weighted by molar-refractivity contribution is 6.30. The van der Waals surface area contributed by atoms with Gasteiger partial charge in [-0.05, 0) is 49.1 Å². The zero-order valence-corrected chi connectivity index (χ0v) is 14.8. The van der Waals surface area contributed by atoms with E-state index in [9.17, 15) is 4.79 Å². The first kappa shape index (κ1) is 17.3. The van der Waals surface area contributed by atoms with Crippen molar-refractivity contribution in [3.8, 4) is 0 Å². The lowest BCUT2D eigenvalue weighted by Gasteiger charge is -2.32. The van der Waals surface area contributed by atoms with E-state index in [1.165, 1.54) is 0 Å². The smallest absolute Gasteiger partial charge is 0.303 e. The fourth-order valence-corrected chi connectivity index (χ4v) is 3.24. The Bertz CT molecular complexity index is 871. The minimum absolute atomic E-state index is 0.0306. The van der Waals surface area contributed by atoms with Crippen molar-refractivity contribution in [2.75, 3.05) is 4.90 Å². The van der Waals surface area contributed by atoms with Gasteiger partial charge in [-0.3, -0.25) is 4.79 Å². The third-order valence-electron chi connectivity index (χ3n) is 4.35. The first-order valence-electron chi connectivity index (χ1n) is 8.30. The molecule has 0 spiro atoms. The minimum atomic E-state index is -0.777. The number of nitrogens with zero attached hydrogens (tertiary/aromatic N) is 1. The van der Waals surface area contributed by atoms with Crippen molar-refractivity contribution in [2.24, 2.45) is 0 Å². The van der Waals surface area contributed by atoms with Crippen molar-refractivity contribution in [3.63, 3.8) is 0 Å². The lowest BCUT2D eigenvalue weighted by Crippen LogP contribution is -2.29. The molecule has 1 atom stereocenters. The van der Waals surface area contributed by atoms with E-state index in [2.05, 4.69) is 36.1 Å². The van der Waals surface area contributed by atoms with Gasteiger partial charge in [-0.2, -0.15) is 0 Å². The summed E-state index contributed by atoms with van der Waals surface area (Å²) in [4.78, 5) is 13.2. The summed E-state index contributed by atoms with van der Waals surface area (Å²) in [6.45, 7) is 2.05. The number of carbonyl (C=O) groups is 1. The van der Waals surface area contributed by atoms with Crippen LogP contribution in [0.4, 0.5) is 11.4 Å². The lowest BCUT2D eigenvalue weighted by atomic mass is 10.0.